The summed E-state index contributed by atoms with van der Waals surface area (Å²) < 4.78 is 17.6. The summed E-state index contributed by atoms with van der Waals surface area (Å²) in [6, 6.07) is 7.99. The quantitative estimate of drug-likeness (QED) is 0.481. The van der Waals surface area contributed by atoms with E-state index in [1.54, 1.807) is 14.2 Å². The summed E-state index contributed by atoms with van der Waals surface area (Å²) in [5.41, 5.74) is 3.88. The maximum absolute atomic E-state index is 10.8. The van der Waals surface area contributed by atoms with E-state index in [9.17, 15) is 10.2 Å². The SMILES string of the molecule is C/C=C/c1cc(OC)c2c(c1)C(C)C(c1cc(CN(CCO)CCCC)c(O)c(OC)c1)O2. The van der Waals surface area contributed by atoms with Crippen LogP contribution in [0.3, 0.4) is 0 Å². The molecule has 0 saturated carbocycles. The van der Waals surface area contributed by atoms with Gasteiger partial charge in [0, 0.05) is 30.1 Å². The van der Waals surface area contributed by atoms with E-state index in [4.69, 9.17) is 14.2 Å². The lowest BCUT2D eigenvalue weighted by atomic mass is 9.90. The van der Waals surface area contributed by atoms with Crippen molar-refractivity contribution in [1.82, 2.24) is 4.90 Å². The molecule has 0 amide bonds. The predicted octanol–water partition coefficient (Wildman–Crippen LogP) is 5.27. The van der Waals surface area contributed by atoms with Crippen LogP contribution in [-0.4, -0.2) is 49.0 Å². The Morgan fingerprint density at radius 3 is 2.48 bits per heavy atom. The van der Waals surface area contributed by atoms with Gasteiger partial charge in [0.15, 0.2) is 23.0 Å². The van der Waals surface area contributed by atoms with Crippen LogP contribution in [-0.2, 0) is 6.54 Å². The minimum absolute atomic E-state index is 0.0771. The molecule has 2 unspecified atom stereocenters. The lowest BCUT2D eigenvalue weighted by molar-refractivity contribution is 0.186. The van der Waals surface area contributed by atoms with Gasteiger partial charge in [-0.2, -0.15) is 0 Å². The Hall–Kier alpha value is -2.70. The van der Waals surface area contributed by atoms with E-state index in [-0.39, 0.29) is 24.4 Å². The van der Waals surface area contributed by atoms with Gasteiger partial charge < -0.3 is 24.4 Å². The van der Waals surface area contributed by atoms with Gasteiger partial charge in [-0.1, -0.05) is 32.4 Å². The highest BCUT2D eigenvalue weighted by Gasteiger charge is 2.36. The lowest BCUT2D eigenvalue weighted by Crippen LogP contribution is -2.27. The first-order valence-electron chi connectivity index (χ1n) is 11.7. The Morgan fingerprint density at radius 1 is 1.09 bits per heavy atom. The lowest BCUT2D eigenvalue weighted by Gasteiger charge is -2.24. The van der Waals surface area contributed by atoms with E-state index in [1.807, 2.05) is 31.2 Å². The molecule has 6 nitrogen and oxygen atoms in total. The number of rotatable bonds is 11. The van der Waals surface area contributed by atoms with Crippen LogP contribution in [0.4, 0.5) is 0 Å². The van der Waals surface area contributed by atoms with Gasteiger partial charge in [0.2, 0.25) is 0 Å². The fourth-order valence-electron chi connectivity index (χ4n) is 4.46. The number of benzene rings is 2. The van der Waals surface area contributed by atoms with Crippen LogP contribution in [0.25, 0.3) is 6.08 Å². The molecule has 33 heavy (non-hydrogen) atoms. The highest BCUT2D eigenvalue weighted by Crippen LogP contribution is 2.51. The van der Waals surface area contributed by atoms with Gasteiger partial charge in [-0.3, -0.25) is 4.90 Å². The number of unbranched alkanes of at least 4 members (excludes halogenated alkanes) is 1. The maximum atomic E-state index is 10.8. The molecule has 6 heteroatoms. The molecule has 2 atom stereocenters. The first-order valence-corrected chi connectivity index (χ1v) is 11.7. The number of aliphatic hydroxyl groups is 1. The van der Waals surface area contributed by atoms with E-state index in [1.165, 1.54) is 0 Å². The van der Waals surface area contributed by atoms with E-state index < -0.39 is 0 Å². The molecule has 1 aliphatic rings. The number of aromatic hydroxyl groups is 1. The highest BCUT2D eigenvalue weighted by molar-refractivity contribution is 5.62. The monoisotopic (exact) mass is 455 g/mol. The second-order valence-corrected chi connectivity index (χ2v) is 8.55. The summed E-state index contributed by atoms with van der Waals surface area (Å²) >= 11 is 0. The van der Waals surface area contributed by atoms with Gasteiger partial charge in [0.25, 0.3) is 0 Å². The first kappa shape index (κ1) is 24.9. The van der Waals surface area contributed by atoms with Crippen molar-refractivity contribution in [2.45, 2.75) is 52.2 Å². The topological polar surface area (TPSA) is 71.4 Å². The van der Waals surface area contributed by atoms with E-state index in [0.717, 1.165) is 53.1 Å². The van der Waals surface area contributed by atoms with Crippen molar-refractivity contribution in [3.63, 3.8) is 0 Å². The number of fused-ring (bicyclic) bond motifs is 1. The zero-order valence-electron chi connectivity index (χ0n) is 20.4. The molecule has 0 aliphatic carbocycles. The number of ether oxygens (including phenoxy) is 3. The van der Waals surface area contributed by atoms with Crippen LogP contribution in [0.1, 0.15) is 67.9 Å². The molecule has 0 fully saturated rings. The zero-order valence-corrected chi connectivity index (χ0v) is 20.4. The number of nitrogens with zero attached hydrogens (tertiary/aromatic N) is 1. The molecule has 0 spiro atoms. The van der Waals surface area contributed by atoms with Crippen LogP contribution in [0, 0.1) is 0 Å². The molecule has 0 radical (unpaired) electrons. The average molecular weight is 456 g/mol. The van der Waals surface area contributed by atoms with Crippen LogP contribution in [0.5, 0.6) is 23.0 Å². The van der Waals surface area contributed by atoms with Crippen molar-refractivity contribution in [3.8, 4) is 23.0 Å². The maximum Gasteiger partial charge on any atom is 0.165 e. The van der Waals surface area contributed by atoms with Gasteiger partial charge in [-0.15, -0.1) is 0 Å². The summed E-state index contributed by atoms with van der Waals surface area (Å²) in [5.74, 6) is 2.14. The second-order valence-electron chi connectivity index (χ2n) is 8.55. The average Bonchev–Trinajstić information content (AvgIpc) is 3.15. The molecule has 2 aromatic rings. The molecule has 2 N–H and O–H groups in total. The van der Waals surface area contributed by atoms with Crippen LogP contribution in [0.2, 0.25) is 0 Å². The van der Waals surface area contributed by atoms with Gasteiger partial charge in [-0.05, 0) is 55.3 Å². The highest BCUT2D eigenvalue weighted by atomic mass is 16.5. The molecule has 3 rings (SSSR count). The number of hydrogen-bond acceptors (Lipinski definition) is 6. The Bertz CT molecular complexity index is 971. The summed E-state index contributed by atoms with van der Waals surface area (Å²) in [6.07, 6.45) is 5.93. The van der Waals surface area contributed by atoms with E-state index in [0.29, 0.717) is 18.8 Å². The van der Waals surface area contributed by atoms with Crippen molar-refractivity contribution < 1.29 is 24.4 Å². The van der Waals surface area contributed by atoms with Gasteiger partial charge >= 0.3 is 0 Å². The molecular formula is C27H37NO5. The van der Waals surface area contributed by atoms with Crippen molar-refractivity contribution in [2.75, 3.05) is 33.9 Å². The number of allylic oxidation sites excluding steroid dienone is 1. The van der Waals surface area contributed by atoms with Gasteiger partial charge in [0.1, 0.15) is 6.10 Å². The molecule has 2 aromatic carbocycles. The molecule has 1 heterocycles. The predicted molar refractivity (Wildman–Crippen MR) is 131 cm³/mol. The number of phenolic OH excluding ortho intramolecular Hbond substituents is 1. The third-order valence-electron chi connectivity index (χ3n) is 6.24. The van der Waals surface area contributed by atoms with E-state index in [2.05, 4.69) is 30.9 Å². The molecular weight excluding hydrogens is 418 g/mol. The third kappa shape index (κ3) is 5.45. The standard InChI is InChI=1S/C27H37NO5/c1-6-8-10-28(11-12-29)17-21-15-20(16-23(31-4)25(21)30)26-18(3)22-13-19(9-7-2)14-24(32-5)27(22)33-26/h7,9,13-16,18,26,29-30H,6,8,10-12,17H2,1-5H3/b9-7+. The van der Waals surface area contributed by atoms with E-state index >= 15 is 0 Å². The van der Waals surface area contributed by atoms with Crippen molar-refractivity contribution >= 4 is 6.08 Å². The Balaban J connectivity index is 1.97. The Labute approximate surface area is 197 Å². The Kier molecular flexibility index (Phi) is 8.64. The number of methoxy groups -OCH3 is 2. The molecule has 0 saturated heterocycles. The fraction of sp³-hybridized carbons (Fsp3) is 0.481. The van der Waals surface area contributed by atoms with Gasteiger partial charge in [-0.25, -0.2) is 0 Å². The summed E-state index contributed by atoms with van der Waals surface area (Å²) in [7, 11) is 3.22. The first-order chi connectivity index (χ1) is 16.0. The Morgan fingerprint density at radius 2 is 1.85 bits per heavy atom. The second kappa shape index (κ2) is 11.4. The number of phenols is 1. The normalized spacial score (nSPS) is 17.4. The minimum atomic E-state index is -0.232. The van der Waals surface area contributed by atoms with Crippen LogP contribution < -0.4 is 14.2 Å². The number of hydrogen-bond donors (Lipinski definition) is 2. The fourth-order valence-corrected chi connectivity index (χ4v) is 4.46. The van der Waals surface area contributed by atoms with Crippen LogP contribution in [0.15, 0.2) is 30.3 Å². The van der Waals surface area contributed by atoms with Gasteiger partial charge in [0.05, 0.1) is 20.8 Å². The molecule has 0 aromatic heterocycles. The van der Waals surface area contributed by atoms with Crippen molar-refractivity contribution in [1.29, 1.82) is 0 Å². The van der Waals surface area contributed by atoms with Crippen molar-refractivity contribution in [3.05, 3.63) is 52.6 Å². The van der Waals surface area contributed by atoms with Crippen LogP contribution >= 0.6 is 0 Å². The summed E-state index contributed by atoms with van der Waals surface area (Å²) in [4.78, 5) is 2.15. The zero-order chi connectivity index (χ0) is 24.0. The largest absolute Gasteiger partial charge is 0.504 e. The summed E-state index contributed by atoms with van der Waals surface area (Å²) in [5, 5.41) is 20.3. The third-order valence-corrected chi connectivity index (χ3v) is 6.24. The molecule has 180 valence electrons. The molecule has 1 aliphatic heterocycles. The molecule has 0 bridgehead atoms. The number of aliphatic hydroxyl groups excluding tert-OH is 1. The smallest absolute Gasteiger partial charge is 0.165 e. The summed E-state index contributed by atoms with van der Waals surface area (Å²) in [6.45, 7) is 8.30. The van der Waals surface area contributed by atoms with Crippen molar-refractivity contribution in [2.24, 2.45) is 0 Å². The minimum Gasteiger partial charge on any atom is -0.504 e.